The van der Waals surface area contributed by atoms with Crippen molar-refractivity contribution in [2.75, 3.05) is 13.0 Å². The number of hydrogen-bond acceptors (Lipinski definition) is 4. The number of halogens is 1. The van der Waals surface area contributed by atoms with Gasteiger partial charge < -0.3 is 9.84 Å². The fourth-order valence-electron chi connectivity index (χ4n) is 1.15. The zero-order chi connectivity index (χ0) is 11.4. The Morgan fingerprint density at radius 2 is 2.33 bits per heavy atom. The zero-order valence-corrected chi connectivity index (χ0v) is 8.71. The number of ketones is 1. The summed E-state index contributed by atoms with van der Waals surface area (Å²) in [6.45, 7) is 0. The Bertz CT molecular complexity index is 437. The van der Waals surface area contributed by atoms with Gasteiger partial charge in [-0.3, -0.25) is 4.79 Å². The summed E-state index contributed by atoms with van der Waals surface area (Å²) in [6, 6.07) is 4.56. The number of Topliss-reactive ketones (excluding diaryl/α,β-unsaturated/α-hetero) is 1. The molecule has 0 aromatic heterocycles. The summed E-state index contributed by atoms with van der Waals surface area (Å²) in [5.74, 6) is -0.833. The maximum Gasteiger partial charge on any atom is 0.179 e. The Kier molecular flexibility index (Phi) is 3.53. The van der Waals surface area contributed by atoms with Gasteiger partial charge in [0.1, 0.15) is 11.6 Å². The molecular weight excluding hydrogens is 218 g/mol. The SMILES string of the molecule is COc1ccc(C(=O)CCl)c(C#N)c1O. The second-order valence-electron chi connectivity index (χ2n) is 2.71. The predicted molar refractivity (Wildman–Crippen MR) is 54.4 cm³/mol. The fourth-order valence-corrected chi connectivity index (χ4v) is 1.30. The van der Waals surface area contributed by atoms with E-state index in [0.717, 1.165) is 0 Å². The average Bonchev–Trinajstić information content (AvgIpc) is 2.27. The number of aromatic hydroxyl groups is 1. The molecule has 0 aliphatic heterocycles. The molecule has 0 aliphatic carbocycles. The van der Waals surface area contributed by atoms with Crippen LogP contribution < -0.4 is 4.74 Å². The van der Waals surface area contributed by atoms with Gasteiger partial charge in [0, 0.05) is 5.56 Å². The number of phenolic OH excluding ortho intramolecular Hbond substituents is 1. The Hall–Kier alpha value is -1.73. The van der Waals surface area contributed by atoms with Gasteiger partial charge >= 0.3 is 0 Å². The van der Waals surface area contributed by atoms with E-state index in [9.17, 15) is 9.90 Å². The predicted octanol–water partition coefficient (Wildman–Crippen LogP) is 1.69. The third kappa shape index (κ3) is 2.03. The van der Waals surface area contributed by atoms with Crippen LogP contribution in [0.15, 0.2) is 12.1 Å². The monoisotopic (exact) mass is 225 g/mol. The summed E-state index contributed by atoms with van der Waals surface area (Å²) >= 11 is 5.37. The summed E-state index contributed by atoms with van der Waals surface area (Å²) in [5.41, 5.74) is -0.00852. The van der Waals surface area contributed by atoms with Gasteiger partial charge in [0.05, 0.1) is 13.0 Å². The molecule has 15 heavy (non-hydrogen) atoms. The van der Waals surface area contributed by atoms with Gasteiger partial charge in [-0.2, -0.15) is 5.26 Å². The van der Waals surface area contributed by atoms with Crippen LogP contribution in [0.2, 0.25) is 0 Å². The molecule has 1 aromatic rings. The molecule has 0 bridgehead atoms. The van der Waals surface area contributed by atoms with Crippen molar-refractivity contribution >= 4 is 17.4 Å². The molecule has 0 saturated heterocycles. The van der Waals surface area contributed by atoms with Crippen LogP contribution in [0.4, 0.5) is 0 Å². The van der Waals surface area contributed by atoms with Gasteiger partial charge in [0.25, 0.3) is 0 Å². The summed E-state index contributed by atoms with van der Waals surface area (Å²) < 4.78 is 4.81. The number of nitrogens with zero attached hydrogens (tertiary/aromatic N) is 1. The number of carbonyl (C=O) groups excluding carboxylic acids is 1. The number of carbonyl (C=O) groups is 1. The van der Waals surface area contributed by atoms with Crippen molar-refractivity contribution in [3.8, 4) is 17.6 Å². The molecule has 0 fully saturated rings. The molecule has 1 N–H and O–H groups in total. The van der Waals surface area contributed by atoms with E-state index in [1.807, 2.05) is 0 Å². The van der Waals surface area contributed by atoms with Crippen molar-refractivity contribution in [1.29, 1.82) is 5.26 Å². The molecule has 4 nitrogen and oxygen atoms in total. The largest absolute Gasteiger partial charge is 0.503 e. The molecule has 0 spiro atoms. The van der Waals surface area contributed by atoms with Crippen molar-refractivity contribution in [2.24, 2.45) is 0 Å². The molecule has 0 atom stereocenters. The molecule has 1 rings (SSSR count). The highest BCUT2D eigenvalue weighted by Gasteiger charge is 2.17. The van der Waals surface area contributed by atoms with E-state index in [2.05, 4.69) is 0 Å². The van der Waals surface area contributed by atoms with Crippen molar-refractivity contribution in [1.82, 2.24) is 0 Å². The lowest BCUT2D eigenvalue weighted by molar-refractivity contribution is 0.102. The molecule has 78 valence electrons. The lowest BCUT2D eigenvalue weighted by Gasteiger charge is -2.07. The third-order valence-electron chi connectivity index (χ3n) is 1.89. The Balaban J connectivity index is 3.39. The van der Waals surface area contributed by atoms with Crippen molar-refractivity contribution in [3.05, 3.63) is 23.3 Å². The van der Waals surface area contributed by atoms with Crippen LogP contribution in [-0.2, 0) is 0 Å². The highest BCUT2D eigenvalue weighted by molar-refractivity contribution is 6.30. The molecule has 0 radical (unpaired) electrons. The van der Waals surface area contributed by atoms with Crippen LogP contribution in [-0.4, -0.2) is 23.9 Å². The summed E-state index contributed by atoms with van der Waals surface area (Å²) in [6.07, 6.45) is 0. The topological polar surface area (TPSA) is 70.3 Å². The highest BCUT2D eigenvalue weighted by Crippen LogP contribution is 2.31. The maximum absolute atomic E-state index is 11.3. The summed E-state index contributed by atoms with van der Waals surface area (Å²) in [7, 11) is 1.36. The molecule has 0 heterocycles. The molecular formula is C10H8ClNO3. The number of benzene rings is 1. The zero-order valence-electron chi connectivity index (χ0n) is 7.95. The lowest BCUT2D eigenvalue weighted by atomic mass is 10.0. The van der Waals surface area contributed by atoms with E-state index in [0.29, 0.717) is 0 Å². The number of alkyl halides is 1. The molecule has 0 unspecified atom stereocenters. The minimum Gasteiger partial charge on any atom is -0.503 e. The van der Waals surface area contributed by atoms with E-state index < -0.39 is 5.78 Å². The Morgan fingerprint density at radius 1 is 1.67 bits per heavy atom. The first kappa shape index (κ1) is 11.3. The minimum absolute atomic E-state index is 0.103. The van der Waals surface area contributed by atoms with Crippen LogP contribution in [0.3, 0.4) is 0 Å². The first-order valence-electron chi connectivity index (χ1n) is 4.05. The molecule has 0 aliphatic rings. The standard InChI is InChI=1S/C10H8ClNO3/c1-15-9-3-2-6(8(13)4-11)7(5-12)10(9)14/h2-3,14H,4H2,1H3. The van der Waals surface area contributed by atoms with Gasteiger partial charge in [0.15, 0.2) is 17.3 Å². The van der Waals surface area contributed by atoms with E-state index >= 15 is 0 Å². The Labute approximate surface area is 91.7 Å². The molecule has 0 amide bonds. The fraction of sp³-hybridized carbons (Fsp3) is 0.200. The molecule has 5 heteroatoms. The number of hydrogen-bond donors (Lipinski definition) is 1. The number of phenols is 1. The third-order valence-corrected chi connectivity index (χ3v) is 2.14. The molecule has 1 aromatic carbocycles. The minimum atomic E-state index is -0.411. The summed E-state index contributed by atoms with van der Waals surface area (Å²) in [4.78, 5) is 11.3. The number of ether oxygens (including phenoxy) is 1. The van der Waals surface area contributed by atoms with Crippen molar-refractivity contribution in [3.63, 3.8) is 0 Å². The van der Waals surface area contributed by atoms with Gasteiger partial charge in [-0.15, -0.1) is 11.6 Å². The first-order chi connectivity index (χ1) is 7.15. The van der Waals surface area contributed by atoms with Gasteiger partial charge in [-0.25, -0.2) is 0 Å². The maximum atomic E-state index is 11.3. The number of rotatable bonds is 3. The second kappa shape index (κ2) is 4.67. The smallest absolute Gasteiger partial charge is 0.179 e. The van der Waals surface area contributed by atoms with E-state index in [1.165, 1.54) is 19.2 Å². The van der Waals surface area contributed by atoms with Gasteiger partial charge in [-0.1, -0.05) is 0 Å². The highest BCUT2D eigenvalue weighted by atomic mass is 35.5. The number of methoxy groups -OCH3 is 1. The average molecular weight is 226 g/mol. The van der Waals surface area contributed by atoms with Crippen LogP contribution in [0.5, 0.6) is 11.5 Å². The number of nitriles is 1. The Morgan fingerprint density at radius 3 is 2.80 bits per heavy atom. The van der Waals surface area contributed by atoms with Gasteiger partial charge in [0.2, 0.25) is 0 Å². The van der Waals surface area contributed by atoms with E-state index in [-0.39, 0.29) is 28.5 Å². The molecule has 0 saturated carbocycles. The van der Waals surface area contributed by atoms with Crippen molar-refractivity contribution < 1.29 is 14.6 Å². The normalized spacial score (nSPS) is 9.40. The van der Waals surface area contributed by atoms with Crippen LogP contribution >= 0.6 is 11.6 Å². The van der Waals surface area contributed by atoms with E-state index in [1.54, 1.807) is 6.07 Å². The summed E-state index contributed by atoms with van der Waals surface area (Å²) in [5, 5.41) is 18.4. The van der Waals surface area contributed by atoms with Gasteiger partial charge in [-0.05, 0) is 12.1 Å². The van der Waals surface area contributed by atoms with Crippen LogP contribution in [0, 0.1) is 11.3 Å². The van der Waals surface area contributed by atoms with Crippen molar-refractivity contribution in [2.45, 2.75) is 0 Å². The first-order valence-corrected chi connectivity index (χ1v) is 4.58. The second-order valence-corrected chi connectivity index (χ2v) is 2.97. The quantitative estimate of drug-likeness (QED) is 0.628. The van der Waals surface area contributed by atoms with Crippen LogP contribution in [0.1, 0.15) is 15.9 Å². The lowest BCUT2D eigenvalue weighted by Crippen LogP contribution is -2.04. The van der Waals surface area contributed by atoms with E-state index in [4.69, 9.17) is 21.6 Å². The van der Waals surface area contributed by atoms with Crippen LogP contribution in [0.25, 0.3) is 0 Å².